The molecule has 1 rings (SSSR count). The monoisotopic (exact) mass is 177 g/mol. The van der Waals surface area contributed by atoms with Gasteiger partial charge in [-0.1, -0.05) is 19.3 Å². The van der Waals surface area contributed by atoms with Crippen LogP contribution >= 0.6 is 0 Å². The van der Waals surface area contributed by atoms with Crippen LogP contribution in [0.15, 0.2) is 0 Å². The fraction of sp³-hybridized carbons (Fsp3) is 1.00. The van der Waals surface area contributed by atoms with Crippen LogP contribution < -0.4 is 5.73 Å². The third kappa shape index (κ3) is 2.41. The van der Waals surface area contributed by atoms with Gasteiger partial charge in [-0.2, -0.15) is 0 Å². The van der Waals surface area contributed by atoms with Gasteiger partial charge in [0.15, 0.2) is 0 Å². The lowest BCUT2D eigenvalue weighted by molar-refractivity contribution is -0.0297. The highest BCUT2D eigenvalue weighted by Crippen LogP contribution is 2.31. The Morgan fingerprint density at radius 1 is 1.25 bits per heavy atom. The van der Waals surface area contributed by atoms with Crippen molar-refractivity contribution >= 4 is 0 Å². The Morgan fingerprint density at radius 2 is 1.75 bits per heavy atom. The second-order valence-corrected chi connectivity index (χ2v) is 3.88. The van der Waals surface area contributed by atoms with Gasteiger partial charge in [-0.3, -0.25) is 0 Å². The smallest absolute Gasteiger partial charge is 0.260 e. The summed E-state index contributed by atoms with van der Waals surface area (Å²) in [6.07, 6.45) is 5.07. The number of hydrogen-bond donors (Lipinski definition) is 1. The van der Waals surface area contributed by atoms with Crippen molar-refractivity contribution in [2.75, 3.05) is 0 Å². The predicted octanol–water partition coefficient (Wildman–Crippen LogP) is 2.55. The van der Waals surface area contributed by atoms with Crippen LogP contribution in [-0.2, 0) is 0 Å². The topological polar surface area (TPSA) is 26.0 Å². The summed E-state index contributed by atoms with van der Waals surface area (Å²) in [7, 11) is 0. The Kier molecular flexibility index (Phi) is 3.04. The molecule has 72 valence electrons. The van der Waals surface area contributed by atoms with Crippen LogP contribution in [0.5, 0.6) is 0 Å². The molecule has 1 nitrogen and oxygen atoms in total. The SMILES string of the molecule is CC(F)(F)C(N)C1CCCCC1. The molecule has 1 aliphatic rings. The van der Waals surface area contributed by atoms with Crippen LogP contribution in [0.1, 0.15) is 39.0 Å². The molecule has 0 amide bonds. The average molecular weight is 177 g/mol. The third-order valence-corrected chi connectivity index (χ3v) is 2.74. The summed E-state index contributed by atoms with van der Waals surface area (Å²) < 4.78 is 25.6. The minimum Gasteiger partial charge on any atom is -0.322 e. The molecular weight excluding hydrogens is 160 g/mol. The van der Waals surface area contributed by atoms with Crippen LogP contribution in [0.2, 0.25) is 0 Å². The first-order valence-electron chi connectivity index (χ1n) is 4.65. The van der Waals surface area contributed by atoms with Gasteiger partial charge in [-0.05, 0) is 18.8 Å². The first kappa shape index (κ1) is 9.90. The molecule has 0 aliphatic heterocycles. The standard InChI is InChI=1S/C9H17F2N/c1-9(10,11)8(12)7-5-3-2-4-6-7/h7-8H,2-6,12H2,1H3. The number of alkyl halides is 2. The Bertz CT molecular complexity index is 136. The summed E-state index contributed by atoms with van der Waals surface area (Å²) in [5.41, 5.74) is 5.48. The number of hydrogen-bond acceptors (Lipinski definition) is 1. The van der Waals surface area contributed by atoms with E-state index in [9.17, 15) is 8.78 Å². The van der Waals surface area contributed by atoms with Crippen LogP contribution in [-0.4, -0.2) is 12.0 Å². The van der Waals surface area contributed by atoms with Gasteiger partial charge >= 0.3 is 0 Å². The Hall–Kier alpha value is -0.180. The Morgan fingerprint density at radius 3 is 2.17 bits per heavy atom. The van der Waals surface area contributed by atoms with Gasteiger partial charge in [-0.25, -0.2) is 8.78 Å². The maximum absolute atomic E-state index is 12.8. The molecular formula is C9H17F2N. The van der Waals surface area contributed by atoms with E-state index in [1.54, 1.807) is 0 Å². The highest BCUT2D eigenvalue weighted by atomic mass is 19.3. The molecule has 0 bridgehead atoms. The number of nitrogens with two attached hydrogens (primary N) is 1. The zero-order valence-electron chi connectivity index (χ0n) is 7.52. The molecule has 1 aliphatic carbocycles. The molecule has 3 heteroatoms. The molecule has 0 radical (unpaired) electrons. The van der Waals surface area contributed by atoms with Gasteiger partial charge in [-0.15, -0.1) is 0 Å². The fourth-order valence-corrected chi connectivity index (χ4v) is 1.91. The predicted molar refractivity (Wildman–Crippen MR) is 45.2 cm³/mol. The van der Waals surface area contributed by atoms with Crippen molar-refractivity contribution in [1.82, 2.24) is 0 Å². The molecule has 1 unspecified atom stereocenters. The molecule has 0 aromatic carbocycles. The highest BCUT2D eigenvalue weighted by Gasteiger charge is 2.37. The van der Waals surface area contributed by atoms with E-state index < -0.39 is 12.0 Å². The number of halogens is 2. The number of rotatable bonds is 2. The summed E-state index contributed by atoms with van der Waals surface area (Å²) >= 11 is 0. The maximum atomic E-state index is 12.8. The van der Waals surface area contributed by atoms with E-state index in [-0.39, 0.29) is 5.92 Å². The van der Waals surface area contributed by atoms with Gasteiger partial charge in [0.2, 0.25) is 0 Å². The fourth-order valence-electron chi connectivity index (χ4n) is 1.91. The molecule has 0 aromatic heterocycles. The molecule has 2 N–H and O–H groups in total. The highest BCUT2D eigenvalue weighted by molar-refractivity contribution is 4.84. The third-order valence-electron chi connectivity index (χ3n) is 2.74. The van der Waals surface area contributed by atoms with Crippen molar-refractivity contribution in [3.8, 4) is 0 Å². The van der Waals surface area contributed by atoms with E-state index in [1.165, 1.54) is 6.42 Å². The second kappa shape index (κ2) is 3.69. The van der Waals surface area contributed by atoms with Crippen molar-refractivity contribution in [2.24, 2.45) is 11.7 Å². The molecule has 1 atom stereocenters. The quantitative estimate of drug-likeness (QED) is 0.689. The summed E-state index contributed by atoms with van der Waals surface area (Å²) in [6.45, 7) is 0.923. The average Bonchev–Trinajstić information content (AvgIpc) is 2.03. The minimum atomic E-state index is -2.71. The van der Waals surface area contributed by atoms with Gasteiger partial charge in [0.05, 0.1) is 6.04 Å². The Balaban J connectivity index is 2.45. The van der Waals surface area contributed by atoms with Gasteiger partial charge < -0.3 is 5.73 Å². The van der Waals surface area contributed by atoms with Crippen molar-refractivity contribution in [1.29, 1.82) is 0 Å². The van der Waals surface area contributed by atoms with E-state index in [4.69, 9.17) is 5.73 Å². The van der Waals surface area contributed by atoms with E-state index in [1.807, 2.05) is 0 Å². The molecule has 0 heterocycles. The van der Waals surface area contributed by atoms with Crippen LogP contribution in [0, 0.1) is 5.92 Å². The van der Waals surface area contributed by atoms with E-state index in [0.29, 0.717) is 0 Å². The van der Waals surface area contributed by atoms with Gasteiger partial charge in [0.1, 0.15) is 0 Å². The Labute approximate surface area is 72.3 Å². The molecule has 0 saturated heterocycles. The normalized spacial score (nSPS) is 24.0. The molecule has 1 saturated carbocycles. The zero-order valence-corrected chi connectivity index (χ0v) is 7.52. The lowest BCUT2D eigenvalue weighted by Crippen LogP contribution is -2.45. The lowest BCUT2D eigenvalue weighted by Gasteiger charge is -2.30. The zero-order chi connectivity index (χ0) is 9.19. The molecule has 1 fully saturated rings. The summed E-state index contributed by atoms with van der Waals surface area (Å²) in [5, 5.41) is 0. The summed E-state index contributed by atoms with van der Waals surface area (Å²) in [4.78, 5) is 0. The van der Waals surface area contributed by atoms with E-state index >= 15 is 0 Å². The van der Waals surface area contributed by atoms with Crippen LogP contribution in [0.4, 0.5) is 8.78 Å². The van der Waals surface area contributed by atoms with E-state index in [2.05, 4.69) is 0 Å². The van der Waals surface area contributed by atoms with E-state index in [0.717, 1.165) is 32.6 Å². The molecule has 0 spiro atoms. The van der Waals surface area contributed by atoms with Crippen molar-refractivity contribution < 1.29 is 8.78 Å². The summed E-state index contributed by atoms with van der Waals surface area (Å²) in [6, 6.07) is -0.933. The van der Waals surface area contributed by atoms with Gasteiger partial charge in [0, 0.05) is 6.92 Å². The maximum Gasteiger partial charge on any atom is 0.260 e. The second-order valence-electron chi connectivity index (χ2n) is 3.88. The minimum absolute atomic E-state index is 0.0405. The van der Waals surface area contributed by atoms with Crippen LogP contribution in [0.3, 0.4) is 0 Å². The summed E-state index contributed by atoms with van der Waals surface area (Å²) in [5.74, 6) is -2.67. The lowest BCUT2D eigenvalue weighted by atomic mass is 9.82. The van der Waals surface area contributed by atoms with Crippen molar-refractivity contribution in [3.63, 3.8) is 0 Å². The first-order chi connectivity index (χ1) is 5.52. The van der Waals surface area contributed by atoms with Crippen molar-refractivity contribution in [2.45, 2.75) is 51.0 Å². The van der Waals surface area contributed by atoms with Crippen LogP contribution in [0.25, 0.3) is 0 Å². The molecule has 12 heavy (non-hydrogen) atoms. The largest absolute Gasteiger partial charge is 0.322 e. The van der Waals surface area contributed by atoms with Gasteiger partial charge in [0.25, 0.3) is 5.92 Å². The van der Waals surface area contributed by atoms with Crippen molar-refractivity contribution in [3.05, 3.63) is 0 Å². The molecule has 0 aromatic rings. The first-order valence-corrected chi connectivity index (χ1v) is 4.65.